The van der Waals surface area contributed by atoms with Crippen molar-refractivity contribution in [1.29, 1.82) is 0 Å². The van der Waals surface area contributed by atoms with E-state index in [0.29, 0.717) is 6.61 Å². The van der Waals surface area contributed by atoms with Gasteiger partial charge in [-0.3, -0.25) is 10.1 Å². The smallest absolute Gasteiger partial charge is 0.324 e. The third-order valence-electron chi connectivity index (χ3n) is 2.49. The Hall–Kier alpha value is -1.58. The number of hydrogen-bond donors (Lipinski definition) is 1. The van der Waals surface area contributed by atoms with Gasteiger partial charge < -0.3 is 4.74 Å². The Balaban J connectivity index is 3.04. The quantitative estimate of drug-likeness (QED) is 0.604. The standard InChI is InChI=1S/C11H15FN2O5S/c1-8(7-19-2)6-13-20(17,18)10-5-3-4-9(12)11(10)14(15)16/h3-5,8,13H,6-7H2,1-2H3. The number of ether oxygens (including phenoxy) is 1. The molecule has 0 spiro atoms. The summed E-state index contributed by atoms with van der Waals surface area (Å²) in [5, 5.41) is 10.8. The van der Waals surface area contributed by atoms with Crippen molar-refractivity contribution >= 4 is 15.7 Å². The van der Waals surface area contributed by atoms with Crippen molar-refractivity contribution in [2.75, 3.05) is 20.3 Å². The summed E-state index contributed by atoms with van der Waals surface area (Å²) in [4.78, 5) is 9.04. The maximum atomic E-state index is 13.4. The minimum atomic E-state index is -4.16. The number of nitrogens with zero attached hydrogens (tertiary/aromatic N) is 1. The van der Waals surface area contributed by atoms with E-state index in [9.17, 15) is 22.9 Å². The highest BCUT2D eigenvalue weighted by Crippen LogP contribution is 2.26. The number of para-hydroxylation sites is 1. The second-order valence-corrected chi connectivity index (χ2v) is 5.99. The van der Waals surface area contributed by atoms with Crippen LogP contribution in [0.5, 0.6) is 0 Å². The van der Waals surface area contributed by atoms with Gasteiger partial charge in [-0.15, -0.1) is 0 Å². The molecule has 1 N–H and O–H groups in total. The molecule has 0 heterocycles. The van der Waals surface area contributed by atoms with Gasteiger partial charge in [-0.25, -0.2) is 13.1 Å². The molecule has 0 saturated heterocycles. The molecule has 0 fully saturated rings. The average molecular weight is 306 g/mol. The molecule has 1 atom stereocenters. The Morgan fingerprint density at radius 2 is 2.15 bits per heavy atom. The molecule has 7 nitrogen and oxygen atoms in total. The van der Waals surface area contributed by atoms with Gasteiger partial charge in [0.05, 0.1) is 4.92 Å². The van der Waals surface area contributed by atoms with Crippen LogP contribution in [0.4, 0.5) is 10.1 Å². The van der Waals surface area contributed by atoms with E-state index in [1.54, 1.807) is 6.92 Å². The van der Waals surface area contributed by atoms with Gasteiger partial charge in [-0.05, 0) is 18.1 Å². The summed E-state index contributed by atoms with van der Waals surface area (Å²) in [5.41, 5.74) is -1.06. The fourth-order valence-corrected chi connectivity index (χ4v) is 2.91. The highest BCUT2D eigenvalue weighted by molar-refractivity contribution is 7.89. The third-order valence-corrected chi connectivity index (χ3v) is 3.95. The molecule has 1 aromatic rings. The van der Waals surface area contributed by atoms with Gasteiger partial charge in [0.25, 0.3) is 0 Å². The van der Waals surface area contributed by atoms with Crippen LogP contribution < -0.4 is 4.72 Å². The lowest BCUT2D eigenvalue weighted by molar-refractivity contribution is -0.390. The molecular formula is C11H15FN2O5S. The summed E-state index contributed by atoms with van der Waals surface area (Å²) in [6.45, 7) is 2.10. The Kier molecular flexibility index (Phi) is 5.54. The molecule has 0 saturated carbocycles. The fourth-order valence-electron chi connectivity index (χ4n) is 1.56. The first-order chi connectivity index (χ1) is 9.29. The van der Waals surface area contributed by atoms with E-state index >= 15 is 0 Å². The Bertz CT molecular complexity index is 590. The molecule has 0 aliphatic carbocycles. The van der Waals surface area contributed by atoms with E-state index in [1.165, 1.54) is 7.11 Å². The SMILES string of the molecule is COCC(C)CNS(=O)(=O)c1cccc(F)c1[N+](=O)[O-]. The lowest BCUT2D eigenvalue weighted by Gasteiger charge is -2.12. The van der Waals surface area contributed by atoms with Crippen LogP contribution in [0.15, 0.2) is 23.1 Å². The summed E-state index contributed by atoms with van der Waals surface area (Å²) in [5.74, 6) is -1.31. The van der Waals surface area contributed by atoms with E-state index in [4.69, 9.17) is 4.74 Å². The molecular weight excluding hydrogens is 291 g/mol. The highest BCUT2D eigenvalue weighted by atomic mass is 32.2. The highest BCUT2D eigenvalue weighted by Gasteiger charge is 2.29. The number of sulfonamides is 1. The zero-order valence-electron chi connectivity index (χ0n) is 11.0. The van der Waals surface area contributed by atoms with Crippen molar-refractivity contribution in [2.45, 2.75) is 11.8 Å². The van der Waals surface area contributed by atoms with Crippen molar-refractivity contribution in [3.8, 4) is 0 Å². The number of nitrogens with one attached hydrogen (secondary N) is 1. The van der Waals surface area contributed by atoms with E-state index in [-0.39, 0.29) is 12.5 Å². The van der Waals surface area contributed by atoms with Crippen LogP contribution in [-0.4, -0.2) is 33.6 Å². The second-order valence-electron chi connectivity index (χ2n) is 4.26. The van der Waals surface area contributed by atoms with Crippen molar-refractivity contribution in [2.24, 2.45) is 5.92 Å². The molecule has 0 aliphatic heterocycles. The van der Waals surface area contributed by atoms with Gasteiger partial charge in [0, 0.05) is 20.3 Å². The van der Waals surface area contributed by atoms with Crippen molar-refractivity contribution < 1.29 is 22.5 Å². The predicted molar refractivity (Wildman–Crippen MR) is 69.3 cm³/mol. The number of hydrogen-bond acceptors (Lipinski definition) is 5. The van der Waals surface area contributed by atoms with Gasteiger partial charge in [-0.2, -0.15) is 4.39 Å². The number of nitro benzene ring substituents is 1. The van der Waals surface area contributed by atoms with E-state index in [1.807, 2.05) is 0 Å². The summed E-state index contributed by atoms with van der Waals surface area (Å²) in [6, 6.07) is 2.94. The zero-order valence-corrected chi connectivity index (χ0v) is 11.8. The van der Waals surface area contributed by atoms with Gasteiger partial charge in [0.2, 0.25) is 15.8 Å². The van der Waals surface area contributed by atoms with E-state index < -0.39 is 31.3 Å². The molecule has 0 amide bonds. The van der Waals surface area contributed by atoms with Gasteiger partial charge in [0.15, 0.2) is 4.90 Å². The maximum Gasteiger partial charge on any atom is 0.324 e. The monoisotopic (exact) mass is 306 g/mol. The summed E-state index contributed by atoms with van der Waals surface area (Å²) < 4.78 is 44.4. The molecule has 0 radical (unpaired) electrons. The number of methoxy groups -OCH3 is 1. The van der Waals surface area contributed by atoms with E-state index in [2.05, 4.69) is 4.72 Å². The number of halogens is 1. The van der Waals surface area contributed by atoms with Gasteiger partial charge in [0.1, 0.15) is 0 Å². The lowest BCUT2D eigenvalue weighted by Crippen LogP contribution is -2.30. The minimum Gasteiger partial charge on any atom is -0.384 e. The molecule has 9 heteroatoms. The third kappa shape index (κ3) is 3.95. The van der Waals surface area contributed by atoms with E-state index in [0.717, 1.165) is 18.2 Å². The number of rotatable bonds is 7. The molecule has 1 rings (SSSR count). The van der Waals surface area contributed by atoms with Crippen LogP contribution in [0.3, 0.4) is 0 Å². The maximum absolute atomic E-state index is 13.4. The zero-order chi connectivity index (χ0) is 15.3. The predicted octanol–water partition coefficient (Wildman–Crippen LogP) is 1.29. The van der Waals surface area contributed by atoms with Crippen LogP contribution in [-0.2, 0) is 14.8 Å². The Morgan fingerprint density at radius 1 is 1.50 bits per heavy atom. The summed E-state index contributed by atoms with van der Waals surface area (Å²) in [7, 11) is -2.68. The van der Waals surface area contributed by atoms with Crippen molar-refractivity contribution in [3.05, 3.63) is 34.1 Å². The topological polar surface area (TPSA) is 98.5 Å². The molecule has 20 heavy (non-hydrogen) atoms. The first kappa shape index (κ1) is 16.5. The summed E-state index contributed by atoms with van der Waals surface area (Å²) in [6.07, 6.45) is 0. The second kappa shape index (κ2) is 6.73. The van der Waals surface area contributed by atoms with Crippen LogP contribution >= 0.6 is 0 Å². The molecule has 112 valence electrons. The Morgan fingerprint density at radius 3 is 2.70 bits per heavy atom. The lowest BCUT2D eigenvalue weighted by atomic mass is 10.2. The Labute approximate surface area is 115 Å². The number of benzene rings is 1. The van der Waals surface area contributed by atoms with Gasteiger partial charge >= 0.3 is 5.69 Å². The van der Waals surface area contributed by atoms with Gasteiger partial charge in [-0.1, -0.05) is 13.0 Å². The fraction of sp³-hybridized carbons (Fsp3) is 0.455. The molecule has 1 unspecified atom stereocenters. The number of nitro groups is 1. The largest absolute Gasteiger partial charge is 0.384 e. The average Bonchev–Trinajstić information content (AvgIpc) is 2.36. The summed E-state index contributed by atoms with van der Waals surface area (Å²) >= 11 is 0. The normalized spacial score (nSPS) is 13.2. The first-order valence-corrected chi connectivity index (χ1v) is 7.19. The molecule has 1 aromatic carbocycles. The first-order valence-electron chi connectivity index (χ1n) is 5.71. The molecule has 0 aromatic heterocycles. The minimum absolute atomic E-state index is 0.0316. The van der Waals surface area contributed by atoms with Crippen molar-refractivity contribution in [1.82, 2.24) is 4.72 Å². The molecule has 0 bridgehead atoms. The van der Waals surface area contributed by atoms with Crippen molar-refractivity contribution in [3.63, 3.8) is 0 Å². The van der Waals surface area contributed by atoms with Crippen LogP contribution in [0, 0.1) is 21.8 Å². The van der Waals surface area contributed by atoms with Crippen LogP contribution in [0.25, 0.3) is 0 Å². The molecule has 0 aliphatic rings. The van der Waals surface area contributed by atoms with Crippen LogP contribution in [0.1, 0.15) is 6.92 Å². The van der Waals surface area contributed by atoms with Crippen LogP contribution in [0.2, 0.25) is 0 Å².